The summed E-state index contributed by atoms with van der Waals surface area (Å²) in [4.78, 5) is 46.8. The van der Waals surface area contributed by atoms with Crippen LogP contribution in [0, 0.1) is 10.1 Å². The molecule has 2 aromatic rings. The zero-order chi connectivity index (χ0) is 22.9. The van der Waals surface area contributed by atoms with E-state index < -0.39 is 58.9 Å². The number of aliphatic hydroxyl groups is 1. The minimum Gasteiger partial charge on any atom is -0.459 e. The summed E-state index contributed by atoms with van der Waals surface area (Å²) in [5.41, 5.74) is -4.64. The van der Waals surface area contributed by atoms with Gasteiger partial charge in [0.15, 0.2) is 0 Å². The maximum atomic E-state index is 12.9. The van der Waals surface area contributed by atoms with E-state index >= 15 is 0 Å². The molecule has 2 N–H and O–H groups in total. The van der Waals surface area contributed by atoms with Crippen LogP contribution in [0.3, 0.4) is 0 Å². The summed E-state index contributed by atoms with van der Waals surface area (Å²) in [5, 5.41) is 20.7. The van der Waals surface area contributed by atoms with E-state index in [1.165, 1.54) is 0 Å². The second-order valence-electron chi connectivity index (χ2n) is 6.54. The Labute approximate surface area is 169 Å². The van der Waals surface area contributed by atoms with Crippen molar-refractivity contribution in [2.45, 2.75) is 31.0 Å². The molecule has 3 unspecified atom stereocenters. The predicted molar refractivity (Wildman–Crippen MR) is 94.2 cm³/mol. The van der Waals surface area contributed by atoms with Crippen LogP contribution in [0.2, 0.25) is 0 Å². The molecular weight excluding hydrogens is 431 g/mol. The van der Waals surface area contributed by atoms with Crippen LogP contribution in [0.4, 0.5) is 18.9 Å². The van der Waals surface area contributed by atoms with Gasteiger partial charge >= 0.3 is 17.8 Å². The number of nitro benzene ring substituents is 1. The summed E-state index contributed by atoms with van der Waals surface area (Å²) >= 11 is 0. The standard InChI is InChI=1S/C17H14F3N3O8/c18-17(19,20)10-6-22(16(27)21-14(10)25)13-5-11(24)12(31-13)7-30-15(26)8-1-3-9(4-2-8)23(28)29/h1-4,6,11-13,24H,5,7H2,(H,21,25,27). The number of nitro groups is 1. The van der Waals surface area contributed by atoms with E-state index in [0.717, 1.165) is 24.3 Å². The summed E-state index contributed by atoms with van der Waals surface area (Å²) in [7, 11) is 0. The SMILES string of the molecule is O=C(OCC1OC(n2cc(C(F)(F)F)c(=O)[nH]c2=O)CC1O)c1ccc([N+](=O)[O-])cc1. The van der Waals surface area contributed by atoms with Crippen LogP contribution in [-0.4, -0.2) is 44.4 Å². The summed E-state index contributed by atoms with van der Waals surface area (Å²) < 4.78 is 49.6. The molecule has 0 spiro atoms. The molecule has 31 heavy (non-hydrogen) atoms. The second kappa shape index (κ2) is 8.31. The number of ether oxygens (including phenoxy) is 2. The number of nitrogens with zero attached hydrogens (tertiary/aromatic N) is 2. The van der Waals surface area contributed by atoms with Gasteiger partial charge in [0.05, 0.1) is 16.6 Å². The van der Waals surface area contributed by atoms with Gasteiger partial charge in [-0.25, -0.2) is 9.59 Å². The van der Waals surface area contributed by atoms with Crippen molar-refractivity contribution in [2.24, 2.45) is 0 Å². The number of esters is 1. The van der Waals surface area contributed by atoms with Crippen molar-refractivity contribution in [1.82, 2.24) is 9.55 Å². The third-order valence-corrected chi connectivity index (χ3v) is 4.48. The van der Waals surface area contributed by atoms with Gasteiger partial charge in [-0.2, -0.15) is 13.2 Å². The van der Waals surface area contributed by atoms with Gasteiger partial charge in [0.25, 0.3) is 11.2 Å². The van der Waals surface area contributed by atoms with Gasteiger partial charge in [-0.05, 0) is 12.1 Å². The van der Waals surface area contributed by atoms with Gasteiger partial charge in [-0.3, -0.25) is 24.5 Å². The first-order valence-corrected chi connectivity index (χ1v) is 8.65. The fraction of sp³-hybridized carbons (Fsp3) is 0.353. The molecule has 0 amide bonds. The lowest BCUT2D eigenvalue weighted by atomic mass is 10.2. The monoisotopic (exact) mass is 445 g/mol. The van der Waals surface area contributed by atoms with Crippen LogP contribution in [0.15, 0.2) is 40.1 Å². The van der Waals surface area contributed by atoms with Crippen molar-refractivity contribution < 1.29 is 37.5 Å². The lowest BCUT2D eigenvalue weighted by Crippen LogP contribution is -2.36. The number of halogens is 3. The number of aliphatic hydroxyl groups excluding tert-OH is 1. The van der Waals surface area contributed by atoms with Gasteiger partial charge in [0.2, 0.25) is 0 Å². The van der Waals surface area contributed by atoms with E-state index in [1.807, 2.05) is 0 Å². The molecule has 1 aliphatic heterocycles. The number of carbonyl (C=O) groups is 1. The number of benzene rings is 1. The molecule has 0 saturated carbocycles. The van der Waals surface area contributed by atoms with Gasteiger partial charge in [-0.1, -0.05) is 0 Å². The quantitative estimate of drug-likeness (QED) is 0.392. The Balaban J connectivity index is 1.69. The number of aromatic amines is 1. The van der Waals surface area contributed by atoms with Crippen LogP contribution in [0.5, 0.6) is 0 Å². The van der Waals surface area contributed by atoms with Gasteiger partial charge in [0.1, 0.15) is 24.5 Å². The van der Waals surface area contributed by atoms with Crippen molar-refractivity contribution >= 4 is 11.7 Å². The molecule has 3 rings (SSSR count). The highest BCUT2D eigenvalue weighted by atomic mass is 19.4. The zero-order valence-electron chi connectivity index (χ0n) is 15.4. The van der Waals surface area contributed by atoms with Crippen molar-refractivity contribution in [1.29, 1.82) is 0 Å². The Bertz CT molecular complexity index is 1110. The molecule has 0 radical (unpaired) electrons. The Kier molecular flexibility index (Phi) is 5.94. The smallest absolute Gasteiger partial charge is 0.423 e. The molecule has 14 heteroatoms. The molecule has 1 aliphatic rings. The highest BCUT2D eigenvalue weighted by Gasteiger charge is 2.39. The summed E-state index contributed by atoms with van der Waals surface area (Å²) in [5.74, 6) is -0.880. The number of H-pyrrole nitrogens is 1. The Hall–Kier alpha value is -3.52. The second-order valence-corrected chi connectivity index (χ2v) is 6.54. The van der Waals surface area contributed by atoms with E-state index in [2.05, 4.69) is 0 Å². The number of hydrogen-bond donors (Lipinski definition) is 2. The number of carbonyl (C=O) groups excluding carboxylic acids is 1. The van der Waals surface area contributed by atoms with Crippen LogP contribution in [0.1, 0.15) is 28.6 Å². The highest BCUT2D eigenvalue weighted by Crippen LogP contribution is 2.30. The molecule has 166 valence electrons. The highest BCUT2D eigenvalue weighted by molar-refractivity contribution is 5.89. The molecule has 2 heterocycles. The predicted octanol–water partition coefficient (Wildman–Crippen LogP) is 0.969. The number of rotatable bonds is 5. The van der Waals surface area contributed by atoms with E-state index in [0.29, 0.717) is 10.8 Å². The topological polar surface area (TPSA) is 154 Å². The summed E-state index contributed by atoms with van der Waals surface area (Å²) in [6.45, 7) is -0.502. The summed E-state index contributed by atoms with van der Waals surface area (Å²) in [6, 6.07) is 4.50. The molecule has 1 fully saturated rings. The van der Waals surface area contributed by atoms with E-state index in [9.17, 15) is 42.8 Å². The average molecular weight is 445 g/mol. The lowest BCUT2D eigenvalue weighted by molar-refractivity contribution is -0.384. The fourth-order valence-electron chi connectivity index (χ4n) is 2.90. The van der Waals surface area contributed by atoms with Crippen LogP contribution < -0.4 is 11.2 Å². The summed E-state index contributed by atoms with van der Waals surface area (Å²) in [6.07, 6.45) is -8.82. The van der Waals surface area contributed by atoms with Gasteiger partial charge in [0, 0.05) is 24.8 Å². The van der Waals surface area contributed by atoms with E-state index in [4.69, 9.17) is 9.47 Å². The Morgan fingerprint density at radius 2 is 1.97 bits per heavy atom. The maximum absolute atomic E-state index is 12.9. The minimum absolute atomic E-state index is 0.0127. The van der Waals surface area contributed by atoms with Gasteiger partial charge < -0.3 is 14.6 Å². The first kappa shape index (κ1) is 22.2. The zero-order valence-corrected chi connectivity index (χ0v) is 15.4. The number of alkyl halides is 3. The number of nitrogens with one attached hydrogen (secondary N) is 1. The molecule has 1 saturated heterocycles. The average Bonchev–Trinajstić information content (AvgIpc) is 3.05. The van der Waals surface area contributed by atoms with Crippen LogP contribution >= 0.6 is 0 Å². The van der Waals surface area contributed by atoms with E-state index in [-0.39, 0.29) is 17.7 Å². The Morgan fingerprint density at radius 1 is 1.32 bits per heavy atom. The first-order valence-electron chi connectivity index (χ1n) is 8.65. The number of hydrogen-bond acceptors (Lipinski definition) is 8. The van der Waals surface area contributed by atoms with Gasteiger partial charge in [-0.15, -0.1) is 0 Å². The number of aromatic nitrogens is 2. The first-order chi connectivity index (χ1) is 14.5. The Morgan fingerprint density at radius 3 is 2.55 bits per heavy atom. The third kappa shape index (κ3) is 4.80. The largest absolute Gasteiger partial charge is 0.459 e. The van der Waals surface area contributed by atoms with Crippen molar-refractivity contribution in [3.05, 3.63) is 72.5 Å². The molecule has 0 aliphatic carbocycles. The van der Waals surface area contributed by atoms with Crippen molar-refractivity contribution in [3.8, 4) is 0 Å². The minimum atomic E-state index is -5.01. The van der Waals surface area contributed by atoms with Crippen molar-refractivity contribution in [3.63, 3.8) is 0 Å². The lowest BCUT2D eigenvalue weighted by Gasteiger charge is -2.17. The van der Waals surface area contributed by atoms with E-state index in [1.54, 1.807) is 4.98 Å². The molecule has 0 bridgehead atoms. The molecule has 3 atom stereocenters. The molecular formula is C17H14F3N3O8. The van der Waals surface area contributed by atoms with Crippen LogP contribution in [0.25, 0.3) is 0 Å². The normalized spacial score (nSPS) is 21.1. The fourth-order valence-corrected chi connectivity index (χ4v) is 2.90. The molecule has 11 nitrogen and oxygen atoms in total. The maximum Gasteiger partial charge on any atom is 0.423 e. The van der Waals surface area contributed by atoms with Crippen molar-refractivity contribution in [2.75, 3.05) is 6.61 Å². The molecule has 1 aromatic heterocycles. The van der Waals surface area contributed by atoms with Crippen LogP contribution in [-0.2, 0) is 15.7 Å². The number of non-ortho nitro benzene ring substituents is 1. The third-order valence-electron chi connectivity index (χ3n) is 4.48. The molecule has 1 aromatic carbocycles.